The van der Waals surface area contributed by atoms with Gasteiger partial charge in [-0.2, -0.15) is 0 Å². The normalized spacial score (nSPS) is 19.0. The highest BCUT2D eigenvalue weighted by Gasteiger charge is 2.39. The standard InChI is InChI=1S/C22H23N3O4/c23-11-14-7-9-15(10-8-14)13-29-19-5-1-3-16-17(19)12-25(22(16)28)18-4-2-6-20(26)24-21(18)27/h1,3,5,7-10,18H,2,4,6,11-13,23H2,(H,24,26,27)/t18-/m0/s1. The zero-order chi connectivity index (χ0) is 20.4. The number of benzene rings is 2. The first-order valence-corrected chi connectivity index (χ1v) is 9.74. The Hall–Kier alpha value is -3.19. The monoisotopic (exact) mass is 393 g/mol. The van der Waals surface area contributed by atoms with E-state index >= 15 is 0 Å². The van der Waals surface area contributed by atoms with Crippen LogP contribution in [0.5, 0.6) is 5.75 Å². The lowest BCUT2D eigenvalue weighted by molar-refractivity contribution is -0.132. The van der Waals surface area contributed by atoms with Gasteiger partial charge < -0.3 is 15.4 Å². The fourth-order valence-electron chi connectivity index (χ4n) is 3.81. The first kappa shape index (κ1) is 19.1. The Labute approximate surface area is 168 Å². The summed E-state index contributed by atoms with van der Waals surface area (Å²) in [5, 5.41) is 2.37. The van der Waals surface area contributed by atoms with E-state index in [9.17, 15) is 14.4 Å². The maximum atomic E-state index is 12.9. The van der Waals surface area contributed by atoms with Crippen molar-refractivity contribution in [2.75, 3.05) is 0 Å². The largest absolute Gasteiger partial charge is 0.489 e. The molecule has 1 saturated heterocycles. The van der Waals surface area contributed by atoms with Gasteiger partial charge in [-0.1, -0.05) is 30.3 Å². The SMILES string of the molecule is NCc1ccc(COc2cccc3c2CN([C@H]2CCCC(=O)NC2=O)C3=O)cc1. The maximum Gasteiger partial charge on any atom is 0.255 e. The molecule has 3 N–H and O–H groups in total. The second-order valence-electron chi connectivity index (χ2n) is 7.35. The molecule has 3 amide bonds. The summed E-state index contributed by atoms with van der Waals surface area (Å²) < 4.78 is 6.00. The van der Waals surface area contributed by atoms with Gasteiger partial charge in [0.25, 0.3) is 5.91 Å². The molecule has 0 radical (unpaired) electrons. The number of imide groups is 1. The van der Waals surface area contributed by atoms with Crippen LogP contribution in [-0.2, 0) is 29.3 Å². The Morgan fingerprint density at radius 3 is 2.59 bits per heavy atom. The van der Waals surface area contributed by atoms with Crippen LogP contribution >= 0.6 is 0 Å². The van der Waals surface area contributed by atoms with Crippen LogP contribution in [0.25, 0.3) is 0 Å². The molecule has 0 bridgehead atoms. The van der Waals surface area contributed by atoms with Gasteiger partial charge in [0.1, 0.15) is 18.4 Å². The van der Waals surface area contributed by atoms with Crippen molar-refractivity contribution in [2.24, 2.45) is 5.73 Å². The second kappa shape index (κ2) is 8.05. The highest BCUT2D eigenvalue weighted by atomic mass is 16.5. The van der Waals surface area contributed by atoms with Gasteiger partial charge in [0.05, 0.1) is 6.54 Å². The number of nitrogens with zero attached hydrogens (tertiary/aromatic N) is 1. The number of carbonyl (C=O) groups excluding carboxylic acids is 3. The minimum absolute atomic E-state index is 0.202. The predicted molar refractivity (Wildman–Crippen MR) is 106 cm³/mol. The Morgan fingerprint density at radius 2 is 1.83 bits per heavy atom. The van der Waals surface area contributed by atoms with E-state index in [2.05, 4.69) is 5.32 Å². The third kappa shape index (κ3) is 3.86. The van der Waals surface area contributed by atoms with E-state index in [1.165, 1.54) is 0 Å². The van der Waals surface area contributed by atoms with Crippen molar-refractivity contribution < 1.29 is 19.1 Å². The molecule has 0 spiro atoms. The number of fused-ring (bicyclic) bond motifs is 1. The number of hydrogen-bond donors (Lipinski definition) is 2. The van der Waals surface area contributed by atoms with Gasteiger partial charge in [-0.25, -0.2) is 0 Å². The second-order valence-corrected chi connectivity index (χ2v) is 7.35. The summed E-state index contributed by atoms with van der Waals surface area (Å²) in [5.74, 6) is -0.263. The topological polar surface area (TPSA) is 102 Å². The number of hydrogen-bond acceptors (Lipinski definition) is 5. The summed E-state index contributed by atoms with van der Waals surface area (Å²) in [4.78, 5) is 38.5. The van der Waals surface area contributed by atoms with Crippen LogP contribution in [0, 0.1) is 0 Å². The van der Waals surface area contributed by atoms with Gasteiger partial charge in [-0.3, -0.25) is 19.7 Å². The first-order valence-electron chi connectivity index (χ1n) is 9.74. The first-order chi connectivity index (χ1) is 14.1. The highest BCUT2D eigenvalue weighted by Crippen LogP contribution is 2.33. The maximum absolute atomic E-state index is 12.9. The third-order valence-electron chi connectivity index (χ3n) is 5.43. The lowest BCUT2D eigenvalue weighted by atomic mass is 10.1. The summed E-state index contributed by atoms with van der Waals surface area (Å²) in [6.07, 6.45) is 1.35. The van der Waals surface area contributed by atoms with E-state index in [0.717, 1.165) is 16.7 Å². The van der Waals surface area contributed by atoms with Crippen LogP contribution in [0.3, 0.4) is 0 Å². The van der Waals surface area contributed by atoms with Crippen molar-refractivity contribution in [2.45, 2.75) is 45.0 Å². The van der Waals surface area contributed by atoms with E-state index in [-0.39, 0.29) is 11.8 Å². The summed E-state index contributed by atoms with van der Waals surface area (Å²) in [7, 11) is 0. The van der Waals surface area contributed by atoms with Gasteiger partial charge in [-0.05, 0) is 36.1 Å². The Balaban J connectivity index is 1.51. The summed E-state index contributed by atoms with van der Waals surface area (Å²) >= 11 is 0. The van der Waals surface area contributed by atoms with Crippen molar-refractivity contribution in [3.63, 3.8) is 0 Å². The number of amides is 3. The van der Waals surface area contributed by atoms with Crippen LogP contribution in [0.1, 0.15) is 46.3 Å². The van der Waals surface area contributed by atoms with Crippen LogP contribution in [0.4, 0.5) is 0 Å². The Bertz CT molecular complexity index is 955. The molecule has 0 aliphatic carbocycles. The zero-order valence-electron chi connectivity index (χ0n) is 16.0. The van der Waals surface area contributed by atoms with Crippen LogP contribution in [-0.4, -0.2) is 28.7 Å². The molecule has 2 aliphatic rings. The van der Waals surface area contributed by atoms with E-state index in [4.69, 9.17) is 10.5 Å². The average Bonchev–Trinajstić information content (AvgIpc) is 2.96. The fourth-order valence-corrected chi connectivity index (χ4v) is 3.81. The van der Waals surface area contributed by atoms with E-state index in [0.29, 0.717) is 50.3 Å². The molecule has 0 saturated carbocycles. The molecular weight excluding hydrogens is 370 g/mol. The number of nitrogens with two attached hydrogens (primary N) is 1. The van der Waals surface area contributed by atoms with E-state index in [1.807, 2.05) is 30.3 Å². The molecule has 7 heteroatoms. The summed E-state index contributed by atoms with van der Waals surface area (Å²) in [6.45, 7) is 1.16. The smallest absolute Gasteiger partial charge is 0.255 e. The van der Waals surface area contributed by atoms with Crippen LogP contribution in [0.2, 0.25) is 0 Å². The number of nitrogens with one attached hydrogen (secondary N) is 1. The average molecular weight is 393 g/mol. The molecule has 150 valence electrons. The van der Waals surface area contributed by atoms with Gasteiger partial charge in [0, 0.05) is 24.1 Å². The number of ether oxygens (including phenoxy) is 1. The van der Waals surface area contributed by atoms with Crippen molar-refractivity contribution >= 4 is 17.7 Å². The molecule has 29 heavy (non-hydrogen) atoms. The van der Waals surface area contributed by atoms with Crippen LogP contribution in [0.15, 0.2) is 42.5 Å². The molecule has 2 heterocycles. The van der Waals surface area contributed by atoms with E-state index in [1.54, 1.807) is 17.0 Å². The number of rotatable bonds is 5. The fraction of sp³-hybridized carbons (Fsp3) is 0.318. The van der Waals surface area contributed by atoms with Crippen molar-refractivity contribution in [1.82, 2.24) is 10.2 Å². The summed E-state index contributed by atoms with van der Waals surface area (Å²) in [6, 6.07) is 12.6. The lowest BCUT2D eigenvalue weighted by Gasteiger charge is -2.24. The lowest BCUT2D eigenvalue weighted by Crippen LogP contribution is -2.46. The van der Waals surface area contributed by atoms with E-state index < -0.39 is 11.9 Å². The van der Waals surface area contributed by atoms with Gasteiger partial charge >= 0.3 is 0 Å². The molecule has 1 fully saturated rings. The van der Waals surface area contributed by atoms with Gasteiger partial charge in [0.2, 0.25) is 11.8 Å². The zero-order valence-corrected chi connectivity index (χ0v) is 16.0. The van der Waals surface area contributed by atoms with Crippen molar-refractivity contribution in [3.05, 3.63) is 64.7 Å². The minimum atomic E-state index is -0.641. The molecule has 0 unspecified atom stereocenters. The Morgan fingerprint density at radius 1 is 1.07 bits per heavy atom. The number of carbonyl (C=O) groups is 3. The molecule has 2 aromatic rings. The molecular formula is C22H23N3O4. The molecule has 2 aromatic carbocycles. The van der Waals surface area contributed by atoms with Gasteiger partial charge in [0.15, 0.2) is 0 Å². The molecule has 7 nitrogen and oxygen atoms in total. The molecule has 0 aromatic heterocycles. The minimum Gasteiger partial charge on any atom is -0.489 e. The highest BCUT2D eigenvalue weighted by molar-refractivity contribution is 6.04. The Kier molecular flexibility index (Phi) is 5.31. The molecule has 4 rings (SSSR count). The molecule has 1 atom stereocenters. The predicted octanol–water partition coefficient (Wildman–Crippen LogP) is 1.88. The summed E-state index contributed by atoms with van der Waals surface area (Å²) in [5.41, 5.74) is 9.00. The van der Waals surface area contributed by atoms with Gasteiger partial charge in [-0.15, -0.1) is 0 Å². The quantitative estimate of drug-likeness (QED) is 0.755. The van der Waals surface area contributed by atoms with Crippen molar-refractivity contribution in [3.8, 4) is 5.75 Å². The van der Waals surface area contributed by atoms with Crippen molar-refractivity contribution in [1.29, 1.82) is 0 Å². The van der Waals surface area contributed by atoms with Crippen LogP contribution < -0.4 is 15.8 Å². The third-order valence-corrected chi connectivity index (χ3v) is 5.43. The molecule has 2 aliphatic heterocycles.